The summed E-state index contributed by atoms with van der Waals surface area (Å²) in [6, 6.07) is 8.40. The number of aliphatic imine (C=N–C) groups is 1. The molecule has 1 unspecified atom stereocenters. The number of carbonyl (C=O) groups excluding carboxylic acids is 1. The first-order valence-corrected chi connectivity index (χ1v) is 15.8. The summed E-state index contributed by atoms with van der Waals surface area (Å²) in [5.74, 6) is -0.387. The quantitative estimate of drug-likeness (QED) is 0.135. The molecular weight excluding hydrogens is 590 g/mol. The molecule has 6 nitrogen and oxygen atoms in total. The molecule has 1 heterocycles. The molecule has 0 radical (unpaired) electrons. The molecule has 3 rings (SSSR count). The number of hydrogen-bond acceptors (Lipinski definition) is 4. The zero-order chi connectivity index (χ0) is 28.9. The van der Waals surface area contributed by atoms with Crippen molar-refractivity contribution < 1.29 is 9.63 Å². The van der Waals surface area contributed by atoms with Gasteiger partial charge in [0.25, 0.3) is 5.91 Å². The van der Waals surface area contributed by atoms with Crippen molar-refractivity contribution in [1.82, 2.24) is 5.43 Å². The van der Waals surface area contributed by atoms with Crippen molar-refractivity contribution in [3.05, 3.63) is 50.4 Å². The van der Waals surface area contributed by atoms with Crippen LogP contribution in [0.2, 0.25) is 20.1 Å². The summed E-state index contributed by atoms with van der Waals surface area (Å²) >= 11 is 25.1. The van der Waals surface area contributed by atoms with Crippen LogP contribution in [0.5, 0.6) is 0 Å². The van der Waals surface area contributed by atoms with E-state index in [-0.39, 0.29) is 16.0 Å². The van der Waals surface area contributed by atoms with Crippen LogP contribution in [0, 0.1) is 5.92 Å². The molecule has 10 heteroatoms. The Labute approximate surface area is 258 Å². The summed E-state index contributed by atoms with van der Waals surface area (Å²) in [4.78, 5) is 23.3. The van der Waals surface area contributed by atoms with Crippen LogP contribution in [0.1, 0.15) is 90.9 Å². The predicted octanol–water partition coefficient (Wildman–Crippen LogP) is 10.6. The van der Waals surface area contributed by atoms with Gasteiger partial charge in [-0.05, 0) is 43.7 Å². The van der Waals surface area contributed by atoms with E-state index in [0.29, 0.717) is 33.9 Å². The smallest absolute Gasteiger partial charge is 0.256 e. The van der Waals surface area contributed by atoms with Crippen LogP contribution in [0.15, 0.2) is 35.3 Å². The molecule has 0 aromatic heterocycles. The predicted molar refractivity (Wildman–Crippen MR) is 170 cm³/mol. The van der Waals surface area contributed by atoms with Gasteiger partial charge in [0.1, 0.15) is 11.5 Å². The standard InChI is InChI=1S/C30H40Cl4N4O2/c1-3-4-5-6-7-8-9-10-11-12-13-14-17-40-37-23-15-16-24(32)27(20-23)35-29-21(2)30(39)38(36-29)28-25(33)18-22(31)19-26(28)34/h15-16,18-21,37H,3-14,17H2,1-2H3,(H,35,36). The van der Waals surface area contributed by atoms with Gasteiger partial charge < -0.3 is 0 Å². The Morgan fingerprint density at radius 3 is 2.02 bits per heavy atom. The number of anilines is 2. The van der Waals surface area contributed by atoms with E-state index in [1.165, 1.54) is 81.3 Å². The fraction of sp³-hybridized carbons (Fsp3) is 0.533. The lowest BCUT2D eigenvalue weighted by molar-refractivity contribution is -0.119. The summed E-state index contributed by atoms with van der Waals surface area (Å²) in [6.45, 7) is 4.63. The molecule has 1 aliphatic rings. The van der Waals surface area contributed by atoms with E-state index in [1.807, 2.05) is 6.07 Å². The minimum Gasteiger partial charge on any atom is -0.277 e. The SMILES string of the molecule is CCCCCCCCCCCCCCONc1ccc(Cl)c(N=C2NN(c3c(Cl)cc(Cl)cc3Cl)C(=O)C2C)c1. The molecule has 0 saturated carbocycles. The molecule has 2 aromatic rings. The summed E-state index contributed by atoms with van der Waals surface area (Å²) in [6.07, 6.45) is 15.6. The third kappa shape index (κ3) is 9.99. The lowest BCUT2D eigenvalue weighted by atomic mass is 10.1. The molecule has 0 aliphatic carbocycles. The van der Waals surface area contributed by atoms with Crippen molar-refractivity contribution in [2.24, 2.45) is 10.9 Å². The van der Waals surface area contributed by atoms with Gasteiger partial charge in [-0.2, -0.15) is 0 Å². The molecule has 2 N–H and O–H groups in total. The Morgan fingerprint density at radius 1 is 0.850 bits per heavy atom. The fourth-order valence-corrected chi connectivity index (χ4v) is 5.70. The van der Waals surface area contributed by atoms with Gasteiger partial charge in [-0.3, -0.25) is 20.5 Å². The van der Waals surface area contributed by atoms with Crippen molar-refractivity contribution in [2.75, 3.05) is 17.1 Å². The van der Waals surface area contributed by atoms with Crippen LogP contribution in [0.25, 0.3) is 0 Å². The number of hydrogen-bond donors (Lipinski definition) is 2. The summed E-state index contributed by atoms with van der Waals surface area (Å²) in [5.41, 5.74) is 7.53. The first kappa shape index (κ1) is 32.8. The van der Waals surface area contributed by atoms with Crippen molar-refractivity contribution >= 4 is 75.2 Å². The average Bonchev–Trinajstić information content (AvgIpc) is 3.18. The lowest BCUT2D eigenvalue weighted by Gasteiger charge is -2.19. The van der Waals surface area contributed by atoms with E-state index in [1.54, 1.807) is 19.1 Å². The second-order valence-corrected chi connectivity index (χ2v) is 11.9. The molecule has 2 aromatic carbocycles. The highest BCUT2D eigenvalue weighted by atomic mass is 35.5. The number of amides is 1. The van der Waals surface area contributed by atoms with Crippen LogP contribution < -0.4 is 15.9 Å². The number of benzene rings is 2. The second kappa shape index (κ2) is 17.3. The maximum Gasteiger partial charge on any atom is 0.256 e. The van der Waals surface area contributed by atoms with Crippen LogP contribution in [-0.2, 0) is 9.63 Å². The number of rotatable bonds is 17. The number of amidine groups is 1. The molecule has 1 atom stereocenters. The molecular formula is C30H40Cl4N4O2. The minimum atomic E-state index is -0.558. The summed E-state index contributed by atoms with van der Waals surface area (Å²) in [7, 11) is 0. The summed E-state index contributed by atoms with van der Waals surface area (Å²) < 4.78 is 0. The number of carbonyl (C=O) groups is 1. The van der Waals surface area contributed by atoms with Crippen molar-refractivity contribution in [3.63, 3.8) is 0 Å². The molecule has 1 fully saturated rings. The number of hydrazine groups is 1. The monoisotopic (exact) mass is 628 g/mol. The van der Waals surface area contributed by atoms with Gasteiger partial charge in [-0.1, -0.05) is 124 Å². The van der Waals surface area contributed by atoms with E-state index >= 15 is 0 Å². The first-order chi connectivity index (χ1) is 19.3. The van der Waals surface area contributed by atoms with Crippen LogP contribution >= 0.6 is 46.4 Å². The van der Waals surface area contributed by atoms with Crippen LogP contribution in [0.3, 0.4) is 0 Å². The highest BCUT2D eigenvalue weighted by molar-refractivity contribution is 6.43. The Bertz CT molecular complexity index is 1120. The Kier molecular flexibility index (Phi) is 14.2. The molecule has 220 valence electrons. The van der Waals surface area contributed by atoms with Crippen LogP contribution in [0.4, 0.5) is 17.1 Å². The molecule has 1 saturated heterocycles. The van der Waals surface area contributed by atoms with Gasteiger partial charge >= 0.3 is 0 Å². The molecule has 1 aliphatic heterocycles. The van der Waals surface area contributed by atoms with E-state index in [0.717, 1.165) is 18.5 Å². The minimum absolute atomic E-state index is 0.249. The number of halogens is 4. The van der Waals surface area contributed by atoms with Crippen molar-refractivity contribution in [2.45, 2.75) is 90.9 Å². The Balaban J connectivity index is 1.43. The highest BCUT2D eigenvalue weighted by Crippen LogP contribution is 2.38. The first-order valence-electron chi connectivity index (χ1n) is 14.3. The topological polar surface area (TPSA) is 66.0 Å². The molecule has 1 amide bonds. The Morgan fingerprint density at radius 2 is 1.43 bits per heavy atom. The third-order valence-electron chi connectivity index (χ3n) is 6.91. The van der Waals surface area contributed by atoms with Gasteiger partial charge in [0.2, 0.25) is 0 Å². The maximum atomic E-state index is 13.0. The van der Waals surface area contributed by atoms with Gasteiger partial charge in [0.15, 0.2) is 0 Å². The van der Waals surface area contributed by atoms with Gasteiger partial charge in [-0.25, -0.2) is 10.0 Å². The maximum absolute atomic E-state index is 13.0. The average molecular weight is 630 g/mol. The molecule has 40 heavy (non-hydrogen) atoms. The highest BCUT2D eigenvalue weighted by Gasteiger charge is 2.37. The normalized spacial score (nSPS) is 16.1. The van der Waals surface area contributed by atoms with Gasteiger partial charge in [-0.15, -0.1) is 0 Å². The van der Waals surface area contributed by atoms with Gasteiger partial charge in [0, 0.05) is 5.02 Å². The zero-order valence-corrected chi connectivity index (χ0v) is 26.4. The van der Waals surface area contributed by atoms with E-state index in [2.05, 4.69) is 22.8 Å². The van der Waals surface area contributed by atoms with Crippen molar-refractivity contribution in [1.29, 1.82) is 0 Å². The lowest BCUT2D eigenvalue weighted by Crippen LogP contribution is -2.36. The largest absolute Gasteiger partial charge is 0.277 e. The van der Waals surface area contributed by atoms with Crippen molar-refractivity contribution in [3.8, 4) is 0 Å². The molecule has 0 spiro atoms. The third-order valence-corrected chi connectivity index (χ3v) is 8.02. The van der Waals surface area contributed by atoms with Crippen LogP contribution in [-0.4, -0.2) is 18.3 Å². The summed E-state index contributed by atoms with van der Waals surface area (Å²) in [5, 5.41) is 2.62. The van der Waals surface area contributed by atoms with E-state index in [4.69, 9.17) is 51.2 Å². The Hall–Kier alpha value is -1.70. The number of nitrogens with zero attached hydrogens (tertiary/aromatic N) is 2. The van der Waals surface area contributed by atoms with Gasteiger partial charge in [0.05, 0.1) is 39.0 Å². The van der Waals surface area contributed by atoms with E-state index < -0.39 is 5.92 Å². The number of unbranched alkanes of at least 4 members (excludes halogenated alkanes) is 11. The van der Waals surface area contributed by atoms with E-state index in [9.17, 15) is 4.79 Å². The second-order valence-electron chi connectivity index (χ2n) is 10.2. The number of nitrogens with one attached hydrogen (secondary N) is 2. The molecule has 0 bridgehead atoms. The zero-order valence-electron chi connectivity index (χ0n) is 23.4. The fourth-order valence-electron chi connectivity index (χ4n) is 4.55.